The number of aliphatic hydroxyl groups is 3. The molecule has 1 aromatic heterocycles. The van der Waals surface area contributed by atoms with Crippen molar-refractivity contribution in [1.29, 1.82) is 0 Å². The second-order valence-corrected chi connectivity index (χ2v) is 8.11. The fraction of sp³-hybridized carbons (Fsp3) is 0.750. The summed E-state index contributed by atoms with van der Waals surface area (Å²) in [6.45, 7) is 5.24. The first-order chi connectivity index (χ1) is 15.6. The third-order valence-corrected chi connectivity index (χ3v) is 5.58. The normalized spacial score (nSPS) is 33.9. The number of nitrogens with one attached hydrogen (secondary N) is 1. The molecule has 0 aromatic carbocycles. The molecular formula is C20H30FN3O9. The van der Waals surface area contributed by atoms with Crippen LogP contribution in [0.5, 0.6) is 0 Å². The summed E-state index contributed by atoms with van der Waals surface area (Å²) in [5.74, 6) is -1.66. The lowest BCUT2D eigenvalue weighted by molar-refractivity contribution is -0.207. The number of unbranched alkanes of at least 4 members (excludes halogenated alkanes) is 2. The molecule has 2 aliphatic rings. The molecule has 0 bridgehead atoms. The van der Waals surface area contributed by atoms with Gasteiger partial charge in [-0.3, -0.25) is 9.88 Å². The quantitative estimate of drug-likeness (QED) is 0.384. The number of aromatic nitrogens is 2. The van der Waals surface area contributed by atoms with Crippen LogP contribution >= 0.6 is 0 Å². The van der Waals surface area contributed by atoms with E-state index < -0.39 is 72.6 Å². The Balaban J connectivity index is 1.67. The van der Waals surface area contributed by atoms with E-state index in [-0.39, 0.29) is 6.61 Å². The minimum Gasteiger partial charge on any atom is -0.449 e. The van der Waals surface area contributed by atoms with Gasteiger partial charge in [-0.15, -0.1) is 0 Å². The molecule has 33 heavy (non-hydrogen) atoms. The maximum absolute atomic E-state index is 14.5. The fourth-order valence-electron chi connectivity index (χ4n) is 3.68. The van der Waals surface area contributed by atoms with E-state index in [1.807, 2.05) is 6.92 Å². The fourth-order valence-corrected chi connectivity index (χ4v) is 3.68. The Bertz CT molecular complexity index is 885. The van der Waals surface area contributed by atoms with E-state index in [2.05, 4.69) is 10.3 Å². The first-order valence-corrected chi connectivity index (χ1v) is 10.9. The monoisotopic (exact) mass is 475 g/mol. The van der Waals surface area contributed by atoms with Gasteiger partial charge in [0.2, 0.25) is 0 Å². The van der Waals surface area contributed by atoms with Crippen LogP contribution in [-0.2, 0) is 18.9 Å². The van der Waals surface area contributed by atoms with Crippen molar-refractivity contribution < 1.29 is 43.5 Å². The molecule has 2 unspecified atom stereocenters. The number of amides is 1. The highest BCUT2D eigenvalue weighted by molar-refractivity contribution is 5.83. The van der Waals surface area contributed by atoms with Gasteiger partial charge in [0, 0.05) is 0 Å². The van der Waals surface area contributed by atoms with Crippen molar-refractivity contribution >= 4 is 11.9 Å². The first-order valence-electron chi connectivity index (χ1n) is 10.9. The van der Waals surface area contributed by atoms with Crippen LogP contribution in [0.4, 0.5) is 15.0 Å². The number of carbonyl (C=O) groups excluding carboxylic acids is 1. The third kappa shape index (κ3) is 5.67. The lowest BCUT2D eigenvalue weighted by Gasteiger charge is -2.24. The summed E-state index contributed by atoms with van der Waals surface area (Å²) < 4.78 is 36.7. The zero-order valence-electron chi connectivity index (χ0n) is 18.6. The highest BCUT2D eigenvalue weighted by Gasteiger charge is 2.49. The molecular weight excluding hydrogens is 445 g/mol. The number of nitrogens with zero attached hydrogens (tertiary/aromatic N) is 2. The molecule has 3 rings (SSSR count). The van der Waals surface area contributed by atoms with Crippen LogP contribution in [0.15, 0.2) is 11.0 Å². The molecule has 2 fully saturated rings. The number of halogens is 1. The molecule has 4 N–H and O–H groups in total. The molecule has 0 saturated carbocycles. The third-order valence-electron chi connectivity index (χ3n) is 5.58. The van der Waals surface area contributed by atoms with Crippen LogP contribution in [0, 0.1) is 5.82 Å². The van der Waals surface area contributed by atoms with Gasteiger partial charge in [-0.1, -0.05) is 19.8 Å². The van der Waals surface area contributed by atoms with Crippen LogP contribution in [0.1, 0.15) is 46.3 Å². The Kier molecular flexibility index (Phi) is 8.37. The van der Waals surface area contributed by atoms with Gasteiger partial charge in [0.15, 0.2) is 24.2 Å². The predicted octanol–water partition coefficient (Wildman–Crippen LogP) is 0.251. The summed E-state index contributed by atoms with van der Waals surface area (Å²) in [4.78, 5) is 27.8. The van der Waals surface area contributed by atoms with Crippen molar-refractivity contribution in [2.75, 3.05) is 11.9 Å². The molecule has 0 aliphatic carbocycles. The second kappa shape index (κ2) is 10.8. The van der Waals surface area contributed by atoms with Crippen LogP contribution in [0.25, 0.3) is 0 Å². The molecule has 1 aromatic rings. The van der Waals surface area contributed by atoms with Crippen LogP contribution in [0.2, 0.25) is 0 Å². The predicted molar refractivity (Wildman–Crippen MR) is 110 cm³/mol. The SMILES string of the molecule is CCCCCOC(=O)Nc1nc(=O)n([C@@H]2O[C@H](C)C(O[C@@H]3O[C@H](C)C(O)[C@@H]3O)[C@@H]2O)cc1F. The topological polar surface area (TPSA) is 162 Å². The first kappa shape index (κ1) is 25.5. The van der Waals surface area contributed by atoms with Crippen molar-refractivity contribution in [3.05, 3.63) is 22.5 Å². The minimum atomic E-state index is -1.45. The molecule has 0 radical (unpaired) electrons. The number of carbonyl (C=O) groups is 1. The summed E-state index contributed by atoms with van der Waals surface area (Å²) in [5.41, 5.74) is -0.990. The number of aliphatic hydroxyl groups excluding tert-OH is 3. The van der Waals surface area contributed by atoms with Crippen molar-refractivity contribution in [2.24, 2.45) is 0 Å². The van der Waals surface area contributed by atoms with E-state index in [0.29, 0.717) is 6.42 Å². The summed E-state index contributed by atoms with van der Waals surface area (Å²) >= 11 is 0. The number of rotatable bonds is 8. The average Bonchev–Trinajstić information content (AvgIpc) is 3.18. The molecule has 8 atom stereocenters. The van der Waals surface area contributed by atoms with Crippen molar-refractivity contribution in [1.82, 2.24) is 9.55 Å². The second-order valence-electron chi connectivity index (χ2n) is 8.11. The molecule has 0 spiro atoms. The summed E-state index contributed by atoms with van der Waals surface area (Å²) in [6.07, 6.45) is -6.79. The average molecular weight is 475 g/mol. The molecule has 3 heterocycles. The largest absolute Gasteiger partial charge is 0.449 e. The number of ether oxygens (including phenoxy) is 4. The lowest BCUT2D eigenvalue weighted by atomic mass is 10.1. The van der Waals surface area contributed by atoms with Gasteiger partial charge in [-0.05, 0) is 20.3 Å². The Morgan fingerprint density at radius 3 is 2.55 bits per heavy atom. The van der Waals surface area contributed by atoms with Gasteiger partial charge in [-0.2, -0.15) is 4.98 Å². The standard InChI is InChI=1S/C20H30FN3O9/c1-4-5-6-7-30-20(29)23-16-11(21)8-24(19(28)22-16)17-14(27)15(10(3)31-17)33-18-13(26)12(25)9(2)32-18/h8-10,12-15,17-18,25-27H,4-7H2,1-3H3,(H,22,23,28,29)/t9-,10-,12?,13+,14+,15?,17-,18+/m1/s1. The summed E-state index contributed by atoms with van der Waals surface area (Å²) in [7, 11) is 0. The highest BCUT2D eigenvalue weighted by Crippen LogP contribution is 2.33. The van der Waals surface area contributed by atoms with Gasteiger partial charge >= 0.3 is 11.8 Å². The van der Waals surface area contributed by atoms with E-state index in [4.69, 9.17) is 18.9 Å². The van der Waals surface area contributed by atoms with Gasteiger partial charge < -0.3 is 34.3 Å². The zero-order valence-corrected chi connectivity index (χ0v) is 18.6. The lowest BCUT2D eigenvalue weighted by Crippen LogP contribution is -2.42. The Labute approximate surface area is 189 Å². The van der Waals surface area contributed by atoms with Crippen LogP contribution < -0.4 is 11.0 Å². The molecule has 2 saturated heterocycles. The molecule has 2 aliphatic heterocycles. The Hall–Kier alpha value is -2.16. The molecule has 12 nitrogen and oxygen atoms in total. The van der Waals surface area contributed by atoms with E-state index in [0.717, 1.165) is 23.6 Å². The Morgan fingerprint density at radius 2 is 1.91 bits per heavy atom. The number of hydrogen-bond acceptors (Lipinski definition) is 10. The summed E-state index contributed by atoms with van der Waals surface area (Å²) in [6, 6.07) is 0. The van der Waals surface area contributed by atoms with Gasteiger partial charge in [-0.25, -0.2) is 14.0 Å². The van der Waals surface area contributed by atoms with Crippen LogP contribution in [0.3, 0.4) is 0 Å². The van der Waals surface area contributed by atoms with Crippen LogP contribution in [-0.4, -0.2) is 80.5 Å². The van der Waals surface area contributed by atoms with E-state index in [9.17, 15) is 29.3 Å². The van der Waals surface area contributed by atoms with Crippen molar-refractivity contribution in [2.45, 2.75) is 89.2 Å². The maximum atomic E-state index is 14.5. The van der Waals surface area contributed by atoms with E-state index in [1.165, 1.54) is 0 Å². The van der Waals surface area contributed by atoms with Crippen molar-refractivity contribution in [3.8, 4) is 0 Å². The maximum Gasteiger partial charge on any atom is 0.412 e. The molecule has 13 heteroatoms. The smallest absolute Gasteiger partial charge is 0.412 e. The number of anilines is 1. The molecule has 186 valence electrons. The van der Waals surface area contributed by atoms with Gasteiger partial charge in [0.05, 0.1) is 25.0 Å². The molecule has 1 amide bonds. The minimum absolute atomic E-state index is 0.148. The van der Waals surface area contributed by atoms with Gasteiger partial charge in [0.1, 0.15) is 24.4 Å². The highest BCUT2D eigenvalue weighted by atomic mass is 19.1. The zero-order chi connectivity index (χ0) is 24.3. The Morgan fingerprint density at radius 1 is 1.18 bits per heavy atom. The van der Waals surface area contributed by atoms with Gasteiger partial charge in [0.25, 0.3) is 0 Å². The van der Waals surface area contributed by atoms with E-state index in [1.54, 1.807) is 13.8 Å². The summed E-state index contributed by atoms with van der Waals surface area (Å²) in [5, 5.41) is 32.6. The van der Waals surface area contributed by atoms with Crippen molar-refractivity contribution in [3.63, 3.8) is 0 Å². The number of hydrogen-bond donors (Lipinski definition) is 4. The van der Waals surface area contributed by atoms with E-state index >= 15 is 0 Å².